The Kier molecular flexibility index (Phi) is 6.08. The molecule has 3 rings (SSSR count). The first kappa shape index (κ1) is 21.1. The number of amides is 1. The second-order valence-electron chi connectivity index (χ2n) is 7.51. The Morgan fingerprint density at radius 2 is 1.90 bits per heavy atom. The molecule has 0 saturated heterocycles. The third kappa shape index (κ3) is 4.06. The van der Waals surface area contributed by atoms with Gasteiger partial charge in [-0.3, -0.25) is 9.59 Å². The van der Waals surface area contributed by atoms with Crippen molar-refractivity contribution in [3.63, 3.8) is 0 Å². The maximum absolute atomic E-state index is 13.5. The van der Waals surface area contributed by atoms with E-state index in [1.54, 1.807) is 24.3 Å². The number of nitrogens with zero attached hydrogens (tertiary/aromatic N) is 1. The van der Waals surface area contributed by atoms with Crippen molar-refractivity contribution in [1.29, 1.82) is 0 Å². The topological polar surface area (TPSA) is 65.1 Å². The lowest BCUT2D eigenvalue weighted by Gasteiger charge is -2.14. The number of nitrogens with two attached hydrogens (primary N) is 1. The quantitative estimate of drug-likeness (QED) is 0.528. The number of aromatic nitrogens is 1. The van der Waals surface area contributed by atoms with Crippen molar-refractivity contribution in [2.24, 2.45) is 11.7 Å². The maximum atomic E-state index is 13.5. The van der Waals surface area contributed by atoms with Crippen molar-refractivity contribution in [2.75, 3.05) is 0 Å². The lowest BCUT2D eigenvalue weighted by Crippen LogP contribution is -2.12. The van der Waals surface area contributed by atoms with Gasteiger partial charge in [-0.2, -0.15) is 0 Å². The fourth-order valence-corrected chi connectivity index (χ4v) is 3.84. The Bertz CT molecular complexity index is 1100. The summed E-state index contributed by atoms with van der Waals surface area (Å²) in [6.07, 6.45) is 1.53. The smallest absolute Gasteiger partial charge is 0.248 e. The molecule has 0 radical (unpaired) electrons. The van der Waals surface area contributed by atoms with Gasteiger partial charge in [-0.25, -0.2) is 4.39 Å². The summed E-state index contributed by atoms with van der Waals surface area (Å²) in [6, 6.07) is 9.42. The van der Waals surface area contributed by atoms with Crippen molar-refractivity contribution in [2.45, 2.75) is 40.2 Å². The number of rotatable bonds is 7. The van der Waals surface area contributed by atoms with Crippen LogP contribution in [0, 0.1) is 11.7 Å². The van der Waals surface area contributed by atoms with Crippen LogP contribution in [0.1, 0.15) is 59.2 Å². The second-order valence-corrected chi connectivity index (χ2v) is 7.92. The second kappa shape index (κ2) is 8.37. The summed E-state index contributed by atoms with van der Waals surface area (Å²) in [5.74, 6) is -1.06. The lowest BCUT2D eigenvalue weighted by molar-refractivity contribution is 0.0939. The molecule has 152 valence electrons. The molecule has 0 aliphatic carbocycles. The summed E-state index contributed by atoms with van der Waals surface area (Å²) in [5.41, 5.74) is 8.89. The SMILES string of the molecule is CCCc1c(C(=O)C(C)C)c2ccc(C(N)=O)cc2n1Cc1ccc(F)cc1Cl. The average Bonchev–Trinajstić information content (AvgIpc) is 2.96. The molecular formula is C23H24ClFN2O2. The molecule has 29 heavy (non-hydrogen) atoms. The highest BCUT2D eigenvalue weighted by molar-refractivity contribution is 6.31. The molecule has 0 bridgehead atoms. The fourth-order valence-electron chi connectivity index (χ4n) is 3.62. The van der Waals surface area contributed by atoms with Crippen LogP contribution in [0.4, 0.5) is 4.39 Å². The van der Waals surface area contributed by atoms with Gasteiger partial charge in [-0.05, 0) is 36.2 Å². The summed E-state index contributed by atoms with van der Waals surface area (Å²) in [7, 11) is 0. The first-order valence-electron chi connectivity index (χ1n) is 9.67. The van der Waals surface area contributed by atoms with Gasteiger partial charge in [-0.1, -0.05) is 50.9 Å². The van der Waals surface area contributed by atoms with Crippen LogP contribution in [0.3, 0.4) is 0 Å². The molecule has 0 aliphatic rings. The molecule has 0 spiro atoms. The summed E-state index contributed by atoms with van der Waals surface area (Å²) in [6.45, 7) is 6.15. The van der Waals surface area contributed by atoms with E-state index >= 15 is 0 Å². The van der Waals surface area contributed by atoms with E-state index in [1.807, 2.05) is 25.3 Å². The number of fused-ring (bicyclic) bond motifs is 1. The molecule has 1 amide bonds. The molecular weight excluding hydrogens is 391 g/mol. The molecule has 2 N–H and O–H groups in total. The molecule has 1 aromatic heterocycles. The molecule has 0 atom stereocenters. The van der Waals surface area contributed by atoms with Crippen molar-refractivity contribution >= 4 is 34.2 Å². The van der Waals surface area contributed by atoms with E-state index in [0.717, 1.165) is 28.6 Å². The van der Waals surface area contributed by atoms with Crippen molar-refractivity contribution in [1.82, 2.24) is 4.57 Å². The number of carbonyl (C=O) groups excluding carboxylic acids is 2. The van der Waals surface area contributed by atoms with Crippen molar-refractivity contribution in [3.05, 3.63) is 69.6 Å². The summed E-state index contributed by atoms with van der Waals surface area (Å²) >= 11 is 6.27. The van der Waals surface area contributed by atoms with Crippen LogP contribution >= 0.6 is 11.6 Å². The molecule has 4 nitrogen and oxygen atoms in total. The van der Waals surface area contributed by atoms with Crippen LogP contribution in [0.5, 0.6) is 0 Å². The predicted molar refractivity (Wildman–Crippen MR) is 114 cm³/mol. The van der Waals surface area contributed by atoms with E-state index in [2.05, 4.69) is 0 Å². The summed E-state index contributed by atoms with van der Waals surface area (Å²) < 4.78 is 15.5. The number of carbonyl (C=O) groups is 2. The van der Waals surface area contributed by atoms with E-state index in [0.29, 0.717) is 29.1 Å². The number of Topliss-reactive ketones (excluding diaryl/α,β-unsaturated/α-hetero) is 1. The maximum Gasteiger partial charge on any atom is 0.248 e. The number of benzene rings is 2. The van der Waals surface area contributed by atoms with Gasteiger partial charge in [0.1, 0.15) is 5.82 Å². The van der Waals surface area contributed by atoms with E-state index < -0.39 is 11.7 Å². The monoisotopic (exact) mass is 414 g/mol. The molecule has 0 aliphatic heterocycles. The van der Waals surface area contributed by atoms with Gasteiger partial charge in [0.2, 0.25) is 5.91 Å². The van der Waals surface area contributed by atoms with Gasteiger partial charge in [0.15, 0.2) is 5.78 Å². The highest BCUT2D eigenvalue weighted by atomic mass is 35.5. The minimum Gasteiger partial charge on any atom is -0.366 e. The number of hydrogen-bond donors (Lipinski definition) is 1. The van der Waals surface area contributed by atoms with E-state index in [-0.39, 0.29) is 11.7 Å². The van der Waals surface area contributed by atoms with E-state index in [9.17, 15) is 14.0 Å². The Labute approximate surface area is 174 Å². The van der Waals surface area contributed by atoms with Crippen LogP contribution in [-0.4, -0.2) is 16.3 Å². The van der Waals surface area contributed by atoms with Crippen LogP contribution < -0.4 is 5.73 Å². The third-order valence-electron chi connectivity index (χ3n) is 5.06. The molecule has 2 aromatic carbocycles. The van der Waals surface area contributed by atoms with Crippen LogP contribution in [0.25, 0.3) is 10.9 Å². The molecule has 6 heteroatoms. The predicted octanol–water partition coefficient (Wildman–Crippen LogP) is 5.37. The molecule has 0 unspecified atom stereocenters. The van der Waals surface area contributed by atoms with Crippen LogP contribution in [0.15, 0.2) is 36.4 Å². The summed E-state index contributed by atoms with van der Waals surface area (Å²) in [4.78, 5) is 24.8. The molecule has 0 fully saturated rings. The number of primary amides is 1. The number of ketones is 1. The van der Waals surface area contributed by atoms with Crippen LogP contribution in [0.2, 0.25) is 5.02 Å². The van der Waals surface area contributed by atoms with Gasteiger partial charge >= 0.3 is 0 Å². The number of hydrogen-bond acceptors (Lipinski definition) is 2. The van der Waals surface area contributed by atoms with Gasteiger partial charge < -0.3 is 10.3 Å². The lowest BCUT2D eigenvalue weighted by atomic mass is 9.96. The van der Waals surface area contributed by atoms with Gasteiger partial charge in [0, 0.05) is 39.7 Å². The van der Waals surface area contributed by atoms with Crippen LogP contribution in [-0.2, 0) is 13.0 Å². The van der Waals surface area contributed by atoms with Crippen molar-refractivity contribution < 1.29 is 14.0 Å². The number of halogens is 2. The highest BCUT2D eigenvalue weighted by Gasteiger charge is 2.24. The van der Waals surface area contributed by atoms with Gasteiger partial charge in [0.05, 0.1) is 5.52 Å². The molecule has 0 saturated carbocycles. The van der Waals surface area contributed by atoms with Crippen molar-refractivity contribution in [3.8, 4) is 0 Å². The fraction of sp³-hybridized carbons (Fsp3) is 0.304. The first-order chi connectivity index (χ1) is 13.7. The zero-order valence-electron chi connectivity index (χ0n) is 16.8. The summed E-state index contributed by atoms with van der Waals surface area (Å²) in [5, 5.41) is 1.10. The molecule has 3 aromatic rings. The Morgan fingerprint density at radius 3 is 2.48 bits per heavy atom. The van der Waals surface area contributed by atoms with Gasteiger partial charge in [-0.15, -0.1) is 0 Å². The van der Waals surface area contributed by atoms with E-state index in [4.69, 9.17) is 17.3 Å². The zero-order chi connectivity index (χ0) is 21.3. The standard InChI is InChI=1S/C23H24ClFN2O2/c1-4-5-19-21(22(28)13(2)3)17-9-7-14(23(26)29)10-20(17)27(19)12-15-6-8-16(25)11-18(15)24/h6-11,13H,4-5,12H2,1-3H3,(H2,26,29). The average molecular weight is 415 g/mol. The first-order valence-corrected chi connectivity index (χ1v) is 10.0. The normalized spacial score (nSPS) is 11.4. The zero-order valence-corrected chi connectivity index (χ0v) is 17.5. The third-order valence-corrected chi connectivity index (χ3v) is 5.41. The van der Waals surface area contributed by atoms with E-state index in [1.165, 1.54) is 12.1 Å². The Hall–Kier alpha value is -2.66. The Morgan fingerprint density at radius 1 is 1.17 bits per heavy atom. The minimum absolute atomic E-state index is 0.0502. The Balaban J connectivity index is 2.32. The minimum atomic E-state index is -0.534. The highest BCUT2D eigenvalue weighted by Crippen LogP contribution is 2.32. The largest absolute Gasteiger partial charge is 0.366 e. The molecule has 1 heterocycles. The van der Waals surface area contributed by atoms with Gasteiger partial charge in [0.25, 0.3) is 0 Å².